The molecule has 268 valence electrons. The number of carbonyl (C=O) groups excluding carboxylic acids is 5. The highest BCUT2D eigenvalue weighted by molar-refractivity contribution is 7.89. The molecular formula is C34H54N6O7S. The van der Waals surface area contributed by atoms with Crippen LogP contribution in [0.3, 0.4) is 0 Å². The first-order valence-electron chi connectivity index (χ1n) is 16.5. The zero-order valence-corrected chi connectivity index (χ0v) is 30.7. The Bertz CT molecular complexity index is 1500. The number of nitrogens with two attached hydrogens (primary N) is 1. The summed E-state index contributed by atoms with van der Waals surface area (Å²) in [6, 6.07) is 3.72. The fraction of sp³-hybridized carbons (Fsp3) is 0.676. The van der Waals surface area contributed by atoms with Gasteiger partial charge in [0.15, 0.2) is 0 Å². The molecule has 1 unspecified atom stereocenters. The van der Waals surface area contributed by atoms with Crippen LogP contribution in [0.15, 0.2) is 35.2 Å². The van der Waals surface area contributed by atoms with E-state index in [0.717, 1.165) is 0 Å². The van der Waals surface area contributed by atoms with E-state index in [9.17, 15) is 32.4 Å². The van der Waals surface area contributed by atoms with Gasteiger partial charge in [-0.3, -0.25) is 19.2 Å². The maximum atomic E-state index is 14.3. The molecule has 0 bridgehead atoms. The number of nitrogens with one attached hydrogen (secondary N) is 3. The third-order valence-electron chi connectivity index (χ3n) is 9.56. The molecule has 13 nitrogen and oxygen atoms in total. The summed E-state index contributed by atoms with van der Waals surface area (Å²) in [6.07, 6.45) is 0.591. The number of likely N-dealkylation sites (N-methyl/N-ethyl adjacent to an activating group) is 1. The summed E-state index contributed by atoms with van der Waals surface area (Å²) in [6.45, 7) is 17.3. The van der Waals surface area contributed by atoms with Crippen LogP contribution in [0, 0.1) is 28.1 Å². The van der Waals surface area contributed by atoms with E-state index in [0.29, 0.717) is 13.0 Å². The van der Waals surface area contributed by atoms with Crippen molar-refractivity contribution in [2.45, 2.75) is 104 Å². The minimum Gasteiger partial charge on any atom is -0.363 e. The number of primary amides is 1. The molecule has 5 amide bonds. The Morgan fingerprint density at radius 2 is 1.58 bits per heavy atom. The molecule has 1 aliphatic heterocycles. The Balaban J connectivity index is 1.83. The van der Waals surface area contributed by atoms with Crippen molar-refractivity contribution in [3.63, 3.8) is 0 Å². The van der Waals surface area contributed by atoms with Gasteiger partial charge in [0.2, 0.25) is 27.6 Å². The second kappa shape index (κ2) is 14.1. The summed E-state index contributed by atoms with van der Waals surface area (Å²) in [7, 11) is -2.36. The lowest BCUT2D eigenvalue weighted by Gasteiger charge is -2.38. The van der Waals surface area contributed by atoms with Crippen LogP contribution in [0.2, 0.25) is 0 Å². The van der Waals surface area contributed by atoms with Crippen LogP contribution in [0.1, 0.15) is 75.2 Å². The number of fused-ring (bicyclic) bond motifs is 1. The van der Waals surface area contributed by atoms with Crippen molar-refractivity contribution < 1.29 is 32.4 Å². The molecule has 1 saturated carbocycles. The van der Waals surface area contributed by atoms with Crippen molar-refractivity contribution in [1.29, 1.82) is 0 Å². The SMILES string of the molecule is CCC(NC(=O)[C@@H]1[C@@H]2[C@H](CN1C(=O)[C@@H](NC(=O)N[C@H](CN(C)S(=O)(=O)c1ccccc1)CC(C)(C)C)C(C)(C)C)C2(C)C)C(=O)C(N)=O. The number of carbonyl (C=O) groups is 5. The Morgan fingerprint density at radius 3 is 2.08 bits per heavy atom. The second-order valence-electron chi connectivity index (χ2n) is 16.1. The number of urea groups is 1. The molecular weight excluding hydrogens is 636 g/mol. The van der Waals surface area contributed by atoms with Gasteiger partial charge in [-0.15, -0.1) is 0 Å². The van der Waals surface area contributed by atoms with Crippen LogP contribution in [0.25, 0.3) is 0 Å². The molecule has 14 heteroatoms. The van der Waals surface area contributed by atoms with Crippen LogP contribution in [0.5, 0.6) is 0 Å². The summed E-state index contributed by atoms with van der Waals surface area (Å²) < 4.78 is 27.7. The van der Waals surface area contributed by atoms with Gasteiger partial charge in [0, 0.05) is 26.2 Å². The molecule has 2 fully saturated rings. The Labute approximate surface area is 285 Å². The summed E-state index contributed by atoms with van der Waals surface area (Å²) >= 11 is 0. The zero-order valence-electron chi connectivity index (χ0n) is 29.9. The van der Waals surface area contributed by atoms with Gasteiger partial charge >= 0.3 is 6.03 Å². The number of piperidine rings is 1. The Kier molecular flexibility index (Phi) is 11.5. The van der Waals surface area contributed by atoms with Crippen LogP contribution in [-0.4, -0.2) is 91.5 Å². The van der Waals surface area contributed by atoms with Crippen molar-refractivity contribution in [2.75, 3.05) is 20.1 Å². The average molecular weight is 691 g/mol. The van der Waals surface area contributed by atoms with Crippen LogP contribution in [0.4, 0.5) is 4.79 Å². The normalized spacial score (nSPS) is 22.2. The number of likely N-dealkylation sites (tertiary alicyclic amines) is 1. The smallest absolute Gasteiger partial charge is 0.315 e. The largest absolute Gasteiger partial charge is 0.363 e. The summed E-state index contributed by atoms with van der Waals surface area (Å²) in [5, 5.41) is 8.38. The lowest BCUT2D eigenvalue weighted by Crippen LogP contribution is -2.62. The van der Waals surface area contributed by atoms with E-state index in [1.54, 1.807) is 45.9 Å². The molecule has 1 saturated heterocycles. The second-order valence-corrected chi connectivity index (χ2v) is 18.1. The first-order chi connectivity index (χ1) is 21.9. The standard InChI is InChI=1S/C34H54N6O7S/c1-11-23(26(41)28(35)42)37-29(43)25-24-22(34(24,8)9)19-40(25)30(44)27(33(5,6)7)38-31(45)36-20(17-32(2,3)4)18-39(10)48(46,47)21-15-13-12-14-16-21/h12-16,20,22-25,27H,11,17-19H2,1-10H3,(H2,35,42)(H,37,43)(H2,36,38,45)/t20-,22-,23?,24-,25-,27+/m0/s1. The highest BCUT2D eigenvalue weighted by Crippen LogP contribution is 2.65. The molecule has 48 heavy (non-hydrogen) atoms. The predicted octanol–water partition coefficient (Wildman–Crippen LogP) is 2.26. The molecule has 1 aromatic carbocycles. The highest BCUT2D eigenvalue weighted by atomic mass is 32.2. The van der Waals surface area contributed by atoms with E-state index in [4.69, 9.17) is 5.73 Å². The molecule has 1 heterocycles. The van der Waals surface area contributed by atoms with Gasteiger partial charge in [-0.2, -0.15) is 4.31 Å². The quantitative estimate of drug-likeness (QED) is 0.229. The Hall–Kier alpha value is -3.52. The first kappa shape index (κ1) is 38.9. The maximum absolute atomic E-state index is 14.3. The molecule has 2 aliphatic rings. The minimum atomic E-state index is -3.83. The van der Waals surface area contributed by atoms with Crippen LogP contribution < -0.4 is 21.7 Å². The average Bonchev–Trinajstić information content (AvgIpc) is 3.28. The third-order valence-corrected chi connectivity index (χ3v) is 11.4. The lowest BCUT2D eigenvalue weighted by molar-refractivity contribution is -0.145. The number of Topliss-reactive ketones (excluding diaryl/α,β-unsaturated/α-hetero) is 1. The topological polar surface area (TPSA) is 188 Å². The number of rotatable bonds is 13. The molecule has 5 N–H and O–H groups in total. The molecule has 3 rings (SSSR count). The van der Waals surface area contributed by atoms with Crippen molar-refractivity contribution in [3.05, 3.63) is 30.3 Å². The van der Waals surface area contributed by atoms with Crippen LogP contribution in [-0.2, 0) is 29.2 Å². The summed E-state index contributed by atoms with van der Waals surface area (Å²) in [5.41, 5.74) is 3.92. The van der Waals surface area contributed by atoms with Crippen molar-refractivity contribution >= 4 is 39.6 Å². The van der Waals surface area contributed by atoms with Crippen molar-refractivity contribution in [2.24, 2.45) is 33.8 Å². The van der Waals surface area contributed by atoms with Crippen molar-refractivity contribution in [3.8, 4) is 0 Å². The molecule has 1 aliphatic carbocycles. The highest BCUT2D eigenvalue weighted by Gasteiger charge is 2.69. The number of ketones is 1. The van der Waals surface area contributed by atoms with Gasteiger partial charge < -0.3 is 26.6 Å². The van der Waals surface area contributed by atoms with Gasteiger partial charge in [-0.05, 0) is 53.1 Å². The third kappa shape index (κ3) is 8.73. The number of hydrogen-bond acceptors (Lipinski definition) is 7. The predicted molar refractivity (Wildman–Crippen MR) is 182 cm³/mol. The number of nitrogens with zero attached hydrogens (tertiary/aromatic N) is 2. The van der Waals surface area contributed by atoms with E-state index in [2.05, 4.69) is 16.0 Å². The molecule has 0 radical (unpaired) electrons. The minimum absolute atomic E-state index is 0.00845. The van der Waals surface area contributed by atoms with Gasteiger partial charge in [-0.1, -0.05) is 80.5 Å². The zero-order chi connectivity index (χ0) is 36.6. The summed E-state index contributed by atoms with van der Waals surface area (Å²) in [5.74, 6) is -3.19. The van der Waals surface area contributed by atoms with Gasteiger partial charge in [-0.25, -0.2) is 13.2 Å². The fourth-order valence-electron chi connectivity index (χ4n) is 6.85. The fourth-order valence-corrected chi connectivity index (χ4v) is 8.09. The van der Waals surface area contributed by atoms with Gasteiger partial charge in [0.05, 0.1) is 10.9 Å². The van der Waals surface area contributed by atoms with Gasteiger partial charge in [0.1, 0.15) is 12.1 Å². The van der Waals surface area contributed by atoms with Crippen molar-refractivity contribution in [1.82, 2.24) is 25.2 Å². The number of hydrogen-bond donors (Lipinski definition) is 4. The molecule has 0 spiro atoms. The number of benzene rings is 1. The van der Waals surface area contributed by atoms with Crippen LogP contribution >= 0.6 is 0 Å². The summed E-state index contributed by atoms with van der Waals surface area (Å²) in [4.78, 5) is 67.1. The molecule has 0 aromatic heterocycles. The number of amides is 5. The van der Waals surface area contributed by atoms with E-state index >= 15 is 0 Å². The van der Waals surface area contributed by atoms with Gasteiger partial charge in [0.25, 0.3) is 5.91 Å². The monoisotopic (exact) mass is 690 g/mol. The molecule has 1 aromatic rings. The van der Waals surface area contributed by atoms with E-state index in [1.807, 2.05) is 34.6 Å². The van der Waals surface area contributed by atoms with E-state index in [-0.39, 0.29) is 40.5 Å². The van der Waals surface area contributed by atoms with E-state index < -0.39 is 69.1 Å². The number of sulfonamides is 1. The first-order valence-corrected chi connectivity index (χ1v) is 17.9. The Morgan fingerprint density at radius 1 is 1.00 bits per heavy atom. The van der Waals surface area contributed by atoms with E-state index in [1.165, 1.54) is 28.4 Å². The lowest BCUT2D eigenvalue weighted by atomic mass is 9.85. The molecule has 6 atom stereocenters. The maximum Gasteiger partial charge on any atom is 0.315 e.